The fraction of sp³-hybridized carbons (Fsp3) is 0.143. The first-order valence-corrected chi connectivity index (χ1v) is 13.9. The second-order valence-corrected chi connectivity index (χ2v) is 11.0. The van der Waals surface area contributed by atoms with Gasteiger partial charge in [-0.3, -0.25) is 18.9 Å². The molecule has 1 fully saturated rings. The van der Waals surface area contributed by atoms with Crippen molar-refractivity contribution in [2.75, 3.05) is 20.8 Å². The summed E-state index contributed by atoms with van der Waals surface area (Å²) >= 11 is 18.9. The number of aromatic nitrogens is 2. The molecule has 0 atom stereocenters. The van der Waals surface area contributed by atoms with Gasteiger partial charge in [0.15, 0.2) is 11.5 Å². The average Bonchev–Trinajstić information content (AvgIpc) is 3.22. The molecular formula is C28H21Cl2N3O5S2. The van der Waals surface area contributed by atoms with Gasteiger partial charge < -0.3 is 14.2 Å². The van der Waals surface area contributed by atoms with Crippen molar-refractivity contribution >= 4 is 69.1 Å². The molecule has 12 heteroatoms. The molecule has 0 spiro atoms. The van der Waals surface area contributed by atoms with Crippen LogP contribution in [0.5, 0.6) is 23.1 Å². The molecule has 1 aliphatic rings. The monoisotopic (exact) mass is 613 g/mol. The molecule has 5 rings (SSSR count). The van der Waals surface area contributed by atoms with Gasteiger partial charge in [-0.15, -0.1) is 0 Å². The molecule has 0 saturated carbocycles. The van der Waals surface area contributed by atoms with E-state index in [-0.39, 0.29) is 33.0 Å². The molecule has 1 amide bonds. The standard InChI is InChI=1S/C28H21Cl2N3O5S2/c1-36-21-8-6-16(13-22(21)37-2)10-12-33-27(35)23(40-28(33)39)15-18-25(38-20-9-7-17(29)14-19(20)30)31-24-5-3-4-11-32(24)26(18)34/h3-9,11,13-15H,10,12H2,1-2H3/b23-15+. The molecule has 2 aromatic carbocycles. The molecule has 0 unspecified atom stereocenters. The maximum atomic E-state index is 13.5. The van der Waals surface area contributed by atoms with Crippen LogP contribution in [0.2, 0.25) is 10.0 Å². The lowest BCUT2D eigenvalue weighted by Gasteiger charge is -2.15. The van der Waals surface area contributed by atoms with E-state index in [1.807, 2.05) is 18.2 Å². The number of carbonyl (C=O) groups excluding carboxylic acids is 1. The number of hydrogen-bond acceptors (Lipinski definition) is 8. The number of methoxy groups -OCH3 is 2. The van der Waals surface area contributed by atoms with E-state index in [9.17, 15) is 9.59 Å². The number of benzene rings is 2. The summed E-state index contributed by atoms with van der Waals surface area (Å²) in [5, 5.41) is 0.677. The van der Waals surface area contributed by atoms with E-state index in [0.29, 0.717) is 39.5 Å². The second kappa shape index (κ2) is 11.9. The normalized spacial score (nSPS) is 14.3. The number of nitrogens with zero attached hydrogens (tertiary/aromatic N) is 3. The molecule has 204 valence electrons. The highest BCUT2D eigenvalue weighted by atomic mass is 35.5. The summed E-state index contributed by atoms with van der Waals surface area (Å²) in [6.07, 6.45) is 3.59. The second-order valence-electron chi connectivity index (χ2n) is 8.51. The highest BCUT2D eigenvalue weighted by Crippen LogP contribution is 2.36. The van der Waals surface area contributed by atoms with Crippen molar-refractivity contribution in [3.8, 4) is 23.1 Å². The zero-order valence-corrected chi connectivity index (χ0v) is 24.4. The first-order valence-electron chi connectivity index (χ1n) is 11.9. The Morgan fingerprint density at radius 2 is 1.77 bits per heavy atom. The van der Waals surface area contributed by atoms with Crippen LogP contribution in [0.15, 0.2) is 70.5 Å². The van der Waals surface area contributed by atoms with E-state index in [1.54, 1.807) is 50.7 Å². The highest BCUT2D eigenvalue weighted by molar-refractivity contribution is 8.26. The lowest BCUT2D eigenvalue weighted by molar-refractivity contribution is -0.122. The number of ether oxygens (including phenoxy) is 3. The SMILES string of the molecule is COc1ccc(CCN2C(=O)/C(=C\c3c(Oc4ccc(Cl)cc4Cl)nc4ccccn4c3=O)SC2=S)cc1OC. The van der Waals surface area contributed by atoms with Gasteiger partial charge in [-0.1, -0.05) is 59.3 Å². The molecule has 0 aliphatic carbocycles. The summed E-state index contributed by atoms with van der Waals surface area (Å²) in [6.45, 7) is 0.343. The first kappa shape index (κ1) is 28.0. The maximum Gasteiger partial charge on any atom is 0.269 e. The lowest BCUT2D eigenvalue weighted by Crippen LogP contribution is -2.30. The molecule has 0 bridgehead atoms. The number of thioether (sulfide) groups is 1. The fourth-order valence-electron chi connectivity index (χ4n) is 4.05. The van der Waals surface area contributed by atoms with Crippen molar-refractivity contribution in [2.24, 2.45) is 0 Å². The molecule has 8 nitrogen and oxygen atoms in total. The van der Waals surface area contributed by atoms with Gasteiger partial charge in [0.2, 0.25) is 5.88 Å². The fourth-order valence-corrected chi connectivity index (χ4v) is 5.78. The number of amides is 1. The van der Waals surface area contributed by atoms with Gasteiger partial charge in [-0.05, 0) is 60.5 Å². The van der Waals surface area contributed by atoms with Crippen molar-refractivity contribution in [1.29, 1.82) is 0 Å². The summed E-state index contributed by atoms with van der Waals surface area (Å²) in [7, 11) is 3.14. The summed E-state index contributed by atoms with van der Waals surface area (Å²) in [5.41, 5.74) is 0.978. The van der Waals surface area contributed by atoms with Gasteiger partial charge in [-0.2, -0.15) is 4.98 Å². The zero-order chi connectivity index (χ0) is 28.4. The third-order valence-electron chi connectivity index (χ3n) is 6.06. The zero-order valence-electron chi connectivity index (χ0n) is 21.2. The van der Waals surface area contributed by atoms with E-state index in [1.165, 1.54) is 21.4 Å². The number of carbonyl (C=O) groups is 1. The predicted octanol–water partition coefficient (Wildman–Crippen LogP) is 6.25. The Bertz CT molecular complexity index is 1740. The predicted molar refractivity (Wildman–Crippen MR) is 161 cm³/mol. The van der Waals surface area contributed by atoms with Crippen LogP contribution in [0, 0.1) is 0 Å². The Labute approximate surface area is 249 Å². The number of halogens is 2. The van der Waals surface area contributed by atoms with Gasteiger partial charge in [0.05, 0.1) is 24.1 Å². The van der Waals surface area contributed by atoms with Crippen LogP contribution in [0.4, 0.5) is 0 Å². The van der Waals surface area contributed by atoms with Crippen molar-refractivity contribution in [1.82, 2.24) is 14.3 Å². The van der Waals surface area contributed by atoms with Gasteiger partial charge in [0.1, 0.15) is 21.3 Å². The quantitative estimate of drug-likeness (QED) is 0.170. The van der Waals surface area contributed by atoms with Gasteiger partial charge >= 0.3 is 0 Å². The van der Waals surface area contributed by atoms with E-state index in [0.717, 1.165) is 17.3 Å². The van der Waals surface area contributed by atoms with Gasteiger partial charge in [0, 0.05) is 17.8 Å². The third-order valence-corrected chi connectivity index (χ3v) is 7.96. The first-order chi connectivity index (χ1) is 19.3. The van der Waals surface area contributed by atoms with Crippen molar-refractivity contribution < 1.29 is 19.0 Å². The summed E-state index contributed by atoms with van der Waals surface area (Å²) in [4.78, 5) is 33.2. The average molecular weight is 615 g/mol. The molecule has 4 aromatic rings. The molecule has 1 aliphatic heterocycles. The molecular weight excluding hydrogens is 593 g/mol. The van der Waals surface area contributed by atoms with Crippen LogP contribution >= 0.6 is 47.2 Å². The van der Waals surface area contributed by atoms with Gasteiger partial charge in [-0.25, -0.2) is 0 Å². The van der Waals surface area contributed by atoms with Crippen molar-refractivity contribution in [3.63, 3.8) is 0 Å². The van der Waals surface area contributed by atoms with Crippen LogP contribution in [0.3, 0.4) is 0 Å². The number of fused-ring (bicyclic) bond motifs is 1. The topological polar surface area (TPSA) is 82.4 Å². The molecule has 40 heavy (non-hydrogen) atoms. The Morgan fingerprint density at radius 1 is 1.00 bits per heavy atom. The largest absolute Gasteiger partial charge is 0.493 e. The third kappa shape index (κ3) is 5.66. The minimum Gasteiger partial charge on any atom is -0.493 e. The smallest absolute Gasteiger partial charge is 0.269 e. The minimum absolute atomic E-state index is 0.00369. The lowest BCUT2D eigenvalue weighted by atomic mass is 10.1. The van der Waals surface area contributed by atoms with E-state index < -0.39 is 5.56 Å². The Balaban J connectivity index is 1.46. The Morgan fingerprint density at radius 3 is 2.52 bits per heavy atom. The summed E-state index contributed by atoms with van der Waals surface area (Å²) < 4.78 is 18.4. The maximum absolute atomic E-state index is 13.5. The molecule has 3 heterocycles. The highest BCUT2D eigenvalue weighted by Gasteiger charge is 2.32. The van der Waals surface area contributed by atoms with Crippen LogP contribution in [-0.4, -0.2) is 45.3 Å². The Hall–Kier alpha value is -3.57. The van der Waals surface area contributed by atoms with E-state index >= 15 is 0 Å². The van der Waals surface area contributed by atoms with Crippen LogP contribution in [0.1, 0.15) is 11.1 Å². The van der Waals surface area contributed by atoms with Gasteiger partial charge in [0.25, 0.3) is 11.5 Å². The van der Waals surface area contributed by atoms with Crippen LogP contribution in [0.25, 0.3) is 11.7 Å². The van der Waals surface area contributed by atoms with E-state index in [4.69, 9.17) is 49.6 Å². The van der Waals surface area contributed by atoms with Crippen molar-refractivity contribution in [3.05, 3.63) is 97.2 Å². The van der Waals surface area contributed by atoms with E-state index in [2.05, 4.69) is 4.98 Å². The Kier molecular flexibility index (Phi) is 8.32. The number of rotatable bonds is 8. The van der Waals surface area contributed by atoms with Crippen LogP contribution < -0.4 is 19.8 Å². The van der Waals surface area contributed by atoms with Crippen LogP contribution in [-0.2, 0) is 11.2 Å². The summed E-state index contributed by atoms with van der Waals surface area (Å²) in [6, 6.07) is 15.4. The molecule has 0 N–H and O–H groups in total. The number of thiocarbonyl (C=S) groups is 1. The minimum atomic E-state index is -0.415. The molecule has 1 saturated heterocycles. The number of pyridine rings is 1. The number of hydrogen-bond donors (Lipinski definition) is 0. The summed E-state index contributed by atoms with van der Waals surface area (Å²) in [5.74, 6) is 1.16. The van der Waals surface area contributed by atoms with Crippen molar-refractivity contribution in [2.45, 2.75) is 6.42 Å². The molecule has 2 aromatic heterocycles. The molecule has 0 radical (unpaired) electrons.